The summed E-state index contributed by atoms with van der Waals surface area (Å²) in [5, 5.41) is 9.84. The van der Waals surface area contributed by atoms with E-state index in [1.807, 2.05) is 30.3 Å². The van der Waals surface area contributed by atoms with E-state index < -0.39 is 17.9 Å². The number of likely N-dealkylation sites (tertiary alicyclic amines) is 2. The number of carbonyl (C=O) groups excluding carboxylic acids is 2. The van der Waals surface area contributed by atoms with E-state index in [0.29, 0.717) is 32.7 Å². The van der Waals surface area contributed by atoms with E-state index in [-0.39, 0.29) is 11.9 Å². The molecule has 0 radical (unpaired) electrons. The standard InChI is InChI=1S/C19H26N2O4/c1-25-19(24)17-13-20(10-14-6-3-2-4-7-14)12-16(17)18(23)21-9-5-8-15(22)11-21/h2-4,6-7,15-17,22H,5,8-13H2,1H3/t15?,16-,17+/m0/s1. The summed E-state index contributed by atoms with van der Waals surface area (Å²) >= 11 is 0. The van der Waals surface area contributed by atoms with E-state index in [4.69, 9.17) is 4.74 Å². The number of amides is 1. The second-order valence-electron chi connectivity index (χ2n) is 7.00. The van der Waals surface area contributed by atoms with Crippen LogP contribution < -0.4 is 0 Å². The number of hydrogen-bond acceptors (Lipinski definition) is 5. The van der Waals surface area contributed by atoms with Gasteiger partial charge in [-0.2, -0.15) is 0 Å². The smallest absolute Gasteiger partial charge is 0.310 e. The molecular weight excluding hydrogens is 320 g/mol. The molecule has 3 rings (SSSR count). The van der Waals surface area contributed by atoms with Crippen molar-refractivity contribution in [2.45, 2.75) is 25.5 Å². The topological polar surface area (TPSA) is 70.1 Å². The molecule has 25 heavy (non-hydrogen) atoms. The zero-order valence-electron chi connectivity index (χ0n) is 14.6. The summed E-state index contributed by atoms with van der Waals surface area (Å²) in [6, 6.07) is 10.0. The fourth-order valence-corrected chi connectivity index (χ4v) is 3.89. The maximum Gasteiger partial charge on any atom is 0.310 e. The van der Waals surface area contributed by atoms with Crippen LogP contribution in [-0.2, 0) is 20.9 Å². The first kappa shape index (κ1) is 17.9. The van der Waals surface area contributed by atoms with E-state index in [9.17, 15) is 14.7 Å². The van der Waals surface area contributed by atoms with E-state index >= 15 is 0 Å². The third kappa shape index (κ3) is 4.19. The highest BCUT2D eigenvalue weighted by Crippen LogP contribution is 2.29. The minimum atomic E-state index is -0.462. The molecule has 6 nitrogen and oxygen atoms in total. The molecule has 1 unspecified atom stereocenters. The molecule has 0 aliphatic carbocycles. The summed E-state index contributed by atoms with van der Waals surface area (Å²) in [7, 11) is 1.37. The number of ether oxygens (including phenoxy) is 1. The lowest BCUT2D eigenvalue weighted by Gasteiger charge is -2.32. The van der Waals surface area contributed by atoms with Crippen molar-refractivity contribution in [2.75, 3.05) is 33.3 Å². The predicted octanol–water partition coefficient (Wildman–Crippen LogP) is 0.891. The van der Waals surface area contributed by atoms with Gasteiger partial charge in [0.2, 0.25) is 5.91 Å². The van der Waals surface area contributed by atoms with Crippen molar-refractivity contribution in [1.82, 2.24) is 9.80 Å². The summed E-state index contributed by atoms with van der Waals surface area (Å²) in [4.78, 5) is 29.0. The van der Waals surface area contributed by atoms with Gasteiger partial charge in [0.1, 0.15) is 0 Å². The molecule has 1 aromatic carbocycles. The third-order valence-corrected chi connectivity index (χ3v) is 5.17. The number of carbonyl (C=O) groups is 2. The van der Waals surface area contributed by atoms with Crippen molar-refractivity contribution in [2.24, 2.45) is 11.8 Å². The number of hydrogen-bond donors (Lipinski definition) is 1. The minimum absolute atomic E-state index is 0.0373. The first-order valence-electron chi connectivity index (χ1n) is 8.89. The van der Waals surface area contributed by atoms with Crippen molar-refractivity contribution in [3.05, 3.63) is 35.9 Å². The van der Waals surface area contributed by atoms with Gasteiger partial charge in [0.25, 0.3) is 0 Å². The highest BCUT2D eigenvalue weighted by Gasteiger charge is 2.44. The number of piperidine rings is 1. The number of aliphatic hydroxyl groups excluding tert-OH is 1. The normalized spacial score (nSPS) is 27.3. The number of β-amino-alcohol motifs (C(OH)–C–C–N with tert-alkyl or cyclic N) is 1. The number of methoxy groups -OCH3 is 1. The van der Waals surface area contributed by atoms with Gasteiger partial charge in [-0.05, 0) is 18.4 Å². The van der Waals surface area contributed by atoms with Gasteiger partial charge in [-0.1, -0.05) is 30.3 Å². The van der Waals surface area contributed by atoms with Gasteiger partial charge in [0, 0.05) is 32.7 Å². The molecule has 2 fully saturated rings. The second kappa shape index (κ2) is 7.97. The maximum atomic E-state index is 13.0. The Labute approximate surface area is 148 Å². The Morgan fingerprint density at radius 3 is 2.56 bits per heavy atom. The Kier molecular flexibility index (Phi) is 5.71. The van der Waals surface area contributed by atoms with Crippen LogP contribution in [0.5, 0.6) is 0 Å². The van der Waals surface area contributed by atoms with Crippen LogP contribution in [0.1, 0.15) is 18.4 Å². The van der Waals surface area contributed by atoms with Gasteiger partial charge in [0.15, 0.2) is 0 Å². The number of nitrogens with zero attached hydrogens (tertiary/aromatic N) is 2. The van der Waals surface area contributed by atoms with Crippen LogP contribution in [-0.4, -0.2) is 66.2 Å². The van der Waals surface area contributed by atoms with Crippen molar-refractivity contribution in [1.29, 1.82) is 0 Å². The van der Waals surface area contributed by atoms with Gasteiger partial charge in [-0.3, -0.25) is 14.5 Å². The van der Waals surface area contributed by atoms with E-state index in [1.54, 1.807) is 4.90 Å². The quantitative estimate of drug-likeness (QED) is 0.820. The second-order valence-corrected chi connectivity index (χ2v) is 7.00. The zero-order chi connectivity index (χ0) is 17.8. The average Bonchev–Trinajstić information content (AvgIpc) is 3.05. The number of aliphatic hydroxyl groups is 1. The molecular formula is C19H26N2O4. The summed E-state index contributed by atoms with van der Waals surface area (Å²) < 4.78 is 4.94. The van der Waals surface area contributed by atoms with Crippen LogP contribution >= 0.6 is 0 Å². The van der Waals surface area contributed by atoms with Crippen LogP contribution in [0.15, 0.2) is 30.3 Å². The van der Waals surface area contributed by atoms with Gasteiger partial charge < -0.3 is 14.7 Å². The lowest BCUT2D eigenvalue weighted by Crippen LogP contribution is -2.47. The van der Waals surface area contributed by atoms with Gasteiger partial charge >= 0.3 is 5.97 Å². The fraction of sp³-hybridized carbons (Fsp3) is 0.579. The molecule has 0 spiro atoms. The number of esters is 1. The van der Waals surface area contributed by atoms with Gasteiger partial charge in [0.05, 0.1) is 25.0 Å². The van der Waals surface area contributed by atoms with E-state index in [0.717, 1.165) is 18.4 Å². The Morgan fingerprint density at radius 1 is 1.16 bits per heavy atom. The van der Waals surface area contributed by atoms with Crippen molar-refractivity contribution < 1.29 is 19.4 Å². The monoisotopic (exact) mass is 346 g/mol. The van der Waals surface area contributed by atoms with E-state index in [1.165, 1.54) is 7.11 Å². The zero-order valence-corrected chi connectivity index (χ0v) is 14.6. The molecule has 2 aliphatic rings. The lowest BCUT2D eigenvalue weighted by molar-refractivity contribution is -0.151. The van der Waals surface area contributed by atoms with Gasteiger partial charge in [-0.15, -0.1) is 0 Å². The van der Waals surface area contributed by atoms with Crippen LogP contribution in [0.3, 0.4) is 0 Å². The molecule has 6 heteroatoms. The number of benzene rings is 1. The molecule has 1 N–H and O–H groups in total. The van der Waals surface area contributed by atoms with Crippen LogP contribution in [0, 0.1) is 11.8 Å². The Hall–Kier alpha value is -1.92. The SMILES string of the molecule is COC(=O)[C@@H]1CN(Cc2ccccc2)C[C@@H]1C(=O)N1CCCC(O)C1. The largest absolute Gasteiger partial charge is 0.469 e. The van der Waals surface area contributed by atoms with Crippen molar-refractivity contribution >= 4 is 11.9 Å². The molecule has 3 atom stereocenters. The molecule has 0 aromatic heterocycles. The first-order chi connectivity index (χ1) is 12.1. The molecule has 0 saturated carbocycles. The summed E-state index contributed by atoms with van der Waals surface area (Å²) in [5.74, 6) is -1.21. The molecule has 2 saturated heterocycles. The van der Waals surface area contributed by atoms with Gasteiger partial charge in [-0.25, -0.2) is 0 Å². The van der Waals surface area contributed by atoms with Crippen LogP contribution in [0.2, 0.25) is 0 Å². The molecule has 136 valence electrons. The van der Waals surface area contributed by atoms with Crippen molar-refractivity contribution in [3.63, 3.8) is 0 Å². The third-order valence-electron chi connectivity index (χ3n) is 5.17. The molecule has 1 aromatic rings. The maximum absolute atomic E-state index is 13.0. The number of rotatable bonds is 4. The minimum Gasteiger partial charge on any atom is -0.469 e. The lowest BCUT2D eigenvalue weighted by atomic mass is 9.93. The summed E-state index contributed by atoms with van der Waals surface area (Å²) in [6.45, 7) is 2.79. The van der Waals surface area contributed by atoms with Crippen LogP contribution in [0.25, 0.3) is 0 Å². The highest BCUT2D eigenvalue weighted by molar-refractivity contribution is 5.86. The molecule has 1 amide bonds. The predicted molar refractivity (Wildman–Crippen MR) is 92.5 cm³/mol. The summed E-state index contributed by atoms with van der Waals surface area (Å²) in [5.41, 5.74) is 1.16. The molecule has 2 heterocycles. The Morgan fingerprint density at radius 2 is 1.88 bits per heavy atom. The molecule has 2 aliphatic heterocycles. The molecule has 0 bridgehead atoms. The fourth-order valence-electron chi connectivity index (χ4n) is 3.89. The average molecular weight is 346 g/mol. The Bertz CT molecular complexity index is 607. The van der Waals surface area contributed by atoms with Crippen LogP contribution in [0.4, 0.5) is 0 Å². The first-order valence-corrected chi connectivity index (χ1v) is 8.89. The van der Waals surface area contributed by atoms with Crippen molar-refractivity contribution in [3.8, 4) is 0 Å². The summed E-state index contributed by atoms with van der Waals surface area (Å²) in [6.07, 6.45) is 1.07. The Balaban J connectivity index is 1.71. The van der Waals surface area contributed by atoms with E-state index in [2.05, 4.69) is 4.90 Å². The highest BCUT2D eigenvalue weighted by atomic mass is 16.5.